The molecule has 3 aromatic carbocycles. The van der Waals surface area contributed by atoms with E-state index in [2.05, 4.69) is 35.7 Å². The van der Waals surface area contributed by atoms with Gasteiger partial charge in [-0.3, -0.25) is 39.5 Å². The van der Waals surface area contributed by atoms with Gasteiger partial charge in [-0.15, -0.1) is 11.3 Å². The van der Waals surface area contributed by atoms with Gasteiger partial charge in [0.05, 0.1) is 25.1 Å². The van der Waals surface area contributed by atoms with Gasteiger partial charge in [-0.05, 0) is 96.5 Å². The summed E-state index contributed by atoms with van der Waals surface area (Å²) in [6.45, 7) is 5.23. The molecule has 66 heavy (non-hydrogen) atoms. The predicted molar refractivity (Wildman–Crippen MR) is 242 cm³/mol. The number of nitrogens with one attached hydrogen (secondary N) is 3. The van der Waals surface area contributed by atoms with E-state index in [1.54, 1.807) is 36.1 Å². The fourth-order valence-corrected chi connectivity index (χ4v) is 11.5. The first-order valence-corrected chi connectivity index (χ1v) is 23.5. The van der Waals surface area contributed by atoms with Crippen LogP contribution in [0.1, 0.15) is 76.9 Å². The average molecular weight is 915 g/mol. The Labute approximate surface area is 383 Å². The average Bonchev–Trinajstić information content (AvgIpc) is 4.11. The normalized spacial score (nSPS) is 20.7. The van der Waals surface area contributed by atoms with Crippen molar-refractivity contribution < 1.29 is 32.8 Å². The number of piperidine rings is 1. The molecule has 1 spiro atoms. The zero-order valence-corrected chi connectivity index (χ0v) is 36.9. The van der Waals surface area contributed by atoms with Crippen LogP contribution in [0.5, 0.6) is 0 Å². The number of halogens is 2. The van der Waals surface area contributed by atoms with E-state index in [1.807, 2.05) is 33.7 Å². The number of imidazole rings is 1. The summed E-state index contributed by atoms with van der Waals surface area (Å²) in [7, 11) is 0. The Hall–Kier alpha value is -6.53. The number of amides is 5. The van der Waals surface area contributed by atoms with Crippen LogP contribution in [-0.2, 0) is 38.7 Å². The molecule has 0 bridgehead atoms. The molecule has 15 nitrogen and oxygen atoms in total. The van der Waals surface area contributed by atoms with Crippen LogP contribution in [0.2, 0.25) is 0 Å². The summed E-state index contributed by atoms with van der Waals surface area (Å²) in [6.07, 6.45) is 7.30. The van der Waals surface area contributed by atoms with Gasteiger partial charge >= 0.3 is 0 Å². The molecule has 5 aliphatic heterocycles. The number of anilines is 3. The molecule has 1 aliphatic carbocycles. The second kappa shape index (κ2) is 16.7. The van der Waals surface area contributed by atoms with Crippen LogP contribution in [0.4, 0.5) is 25.3 Å². The molecule has 6 aliphatic rings. The Morgan fingerprint density at radius 1 is 0.909 bits per heavy atom. The number of hydrogen-bond donors (Lipinski definition) is 3. The molecule has 2 unspecified atom stereocenters. The zero-order valence-electron chi connectivity index (χ0n) is 36.1. The number of carbonyl (C=O) groups is 5. The maximum atomic E-state index is 15.9. The molecule has 11 rings (SSSR count). The Morgan fingerprint density at radius 3 is 2.45 bits per heavy atom. The number of aromatic nitrogens is 3. The molecule has 7 heterocycles. The Kier molecular flexibility index (Phi) is 10.7. The van der Waals surface area contributed by atoms with Gasteiger partial charge in [-0.1, -0.05) is 18.2 Å². The Bertz CT molecular complexity index is 2760. The van der Waals surface area contributed by atoms with E-state index >= 15 is 8.78 Å². The highest BCUT2D eigenvalue weighted by molar-refractivity contribution is 7.13. The zero-order chi connectivity index (χ0) is 45.3. The molecular weight excluding hydrogens is 867 g/mol. The van der Waals surface area contributed by atoms with Gasteiger partial charge < -0.3 is 24.6 Å². The Balaban J connectivity index is 0.668. The second-order valence-electron chi connectivity index (χ2n) is 18.6. The third-order valence-corrected chi connectivity index (χ3v) is 15.0. The van der Waals surface area contributed by atoms with E-state index in [-0.39, 0.29) is 53.1 Å². The number of imide groups is 1. The van der Waals surface area contributed by atoms with Gasteiger partial charge in [0.15, 0.2) is 11.2 Å². The summed E-state index contributed by atoms with van der Waals surface area (Å²) in [5.74, 6) is -2.16. The minimum Gasteiger partial charge on any atom is -0.374 e. The third kappa shape index (κ3) is 7.78. The van der Waals surface area contributed by atoms with Gasteiger partial charge in [0.2, 0.25) is 17.7 Å². The minimum absolute atomic E-state index is 0.0650. The maximum Gasteiger partial charge on any atom is 0.255 e. The topological polar surface area (TPSA) is 165 Å². The number of likely N-dealkylation sites (tertiary alicyclic amines) is 1. The number of nitrogens with zero attached hydrogens (tertiary/aromatic N) is 7. The van der Waals surface area contributed by atoms with E-state index in [1.165, 1.54) is 28.4 Å². The van der Waals surface area contributed by atoms with Crippen LogP contribution < -0.4 is 20.9 Å². The van der Waals surface area contributed by atoms with Crippen molar-refractivity contribution in [2.24, 2.45) is 5.41 Å². The van der Waals surface area contributed by atoms with E-state index in [0.717, 1.165) is 62.3 Å². The van der Waals surface area contributed by atoms with Gasteiger partial charge in [-0.25, -0.2) is 18.7 Å². The smallest absolute Gasteiger partial charge is 0.255 e. The van der Waals surface area contributed by atoms with E-state index < -0.39 is 35.6 Å². The molecule has 2 atom stereocenters. The standard InChI is InChI=1S/C48H48F2N10O5S/c49-36-19-29(18-34-35(36)23-60(46(34)65)43(45(64)55-47-51-11-17-66-47)42-39-2-1-12-59(39)27-52-42)28-3-6-32(7-4-28)57-13-15-58(16-14-57)41(62)24-56-25-48(26-56)21-30(22-48)33-8-5-31(20-37(33)50)53-38-9-10-40(61)54-44(38)63/h3-8,11,17-20,27,30,38,43,53H,1-2,9-10,12-16,21-26H2,(H,51,55,64)(H,54,61,63). The van der Waals surface area contributed by atoms with Crippen LogP contribution in [0.3, 0.4) is 0 Å². The van der Waals surface area contributed by atoms with Crippen LogP contribution >= 0.6 is 11.3 Å². The molecule has 5 aromatic rings. The quantitative estimate of drug-likeness (QED) is 0.148. The SMILES string of the molecule is O=C1CCC(Nc2ccc(C3CC4(C3)CN(CC(=O)N3CCN(c5ccc(-c6cc(F)c7c(c6)C(=O)N(C(C(=O)Nc6nccs6)c6ncn8c6CCC8)C7)cc5)CC3)C4)c(F)c2)C(=O)N1. The van der Waals surface area contributed by atoms with Crippen molar-refractivity contribution in [1.29, 1.82) is 0 Å². The van der Waals surface area contributed by atoms with Gasteiger partial charge in [0.1, 0.15) is 17.7 Å². The predicted octanol–water partition coefficient (Wildman–Crippen LogP) is 5.31. The fourth-order valence-electron chi connectivity index (χ4n) is 11.0. The molecular formula is C48H48F2N10O5S. The lowest BCUT2D eigenvalue weighted by Crippen LogP contribution is -2.63. The molecule has 18 heteroatoms. The van der Waals surface area contributed by atoms with Crippen molar-refractivity contribution in [2.75, 3.05) is 61.3 Å². The first kappa shape index (κ1) is 42.1. The van der Waals surface area contributed by atoms with Crippen LogP contribution in [0.15, 0.2) is 72.5 Å². The molecule has 3 N–H and O–H groups in total. The molecule has 2 aromatic heterocycles. The van der Waals surface area contributed by atoms with Crippen molar-refractivity contribution in [2.45, 2.75) is 69.6 Å². The first-order chi connectivity index (χ1) is 32.0. The third-order valence-electron chi connectivity index (χ3n) is 14.3. The van der Waals surface area contributed by atoms with Crippen molar-refractivity contribution in [3.05, 3.63) is 112 Å². The number of fused-ring (bicyclic) bond motifs is 2. The summed E-state index contributed by atoms with van der Waals surface area (Å²) >= 11 is 1.27. The second-order valence-corrected chi connectivity index (χ2v) is 19.5. The summed E-state index contributed by atoms with van der Waals surface area (Å²) in [5, 5.41) is 10.4. The van der Waals surface area contributed by atoms with Crippen LogP contribution in [0.25, 0.3) is 11.1 Å². The van der Waals surface area contributed by atoms with E-state index in [0.29, 0.717) is 66.8 Å². The number of hydrogen-bond acceptors (Lipinski definition) is 11. The number of piperazine rings is 1. The highest BCUT2D eigenvalue weighted by atomic mass is 32.1. The van der Waals surface area contributed by atoms with Gasteiger partial charge in [0, 0.05) is 92.0 Å². The molecule has 4 fully saturated rings. The summed E-state index contributed by atoms with van der Waals surface area (Å²) in [4.78, 5) is 81.5. The van der Waals surface area contributed by atoms with E-state index in [9.17, 15) is 24.0 Å². The van der Waals surface area contributed by atoms with Crippen LogP contribution in [-0.4, -0.2) is 111 Å². The number of carbonyl (C=O) groups excluding carboxylic acids is 5. The number of benzene rings is 3. The van der Waals surface area contributed by atoms with E-state index in [4.69, 9.17) is 0 Å². The van der Waals surface area contributed by atoms with Crippen LogP contribution in [0, 0.1) is 17.0 Å². The lowest BCUT2D eigenvalue weighted by molar-refractivity contribution is -0.140. The lowest BCUT2D eigenvalue weighted by atomic mass is 9.56. The molecule has 3 saturated heterocycles. The molecule has 1 saturated carbocycles. The first-order valence-electron chi connectivity index (χ1n) is 22.6. The Morgan fingerprint density at radius 2 is 1.71 bits per heavy atom. The van der Waals surface area contributed by atoms with Gasteiger partial charge in [0.25, 0.3) is 11.8 Å². The summed E-state index contributed by atoms with van der Waals surface area (Å²) in [6, 6.07) is 14.3. The number of rotatable bonds is 11. The van der Waals surface area contributed by atoms with Crippen molar-refractivity contribution in [3.8, 4) is 11.1 Å². The highest BCUT2D eigenvalue weighted by Crippen LogP contribution is 2.56. The molecule has 0 radical (unpaired) electrons. The summed E-state index contributed by atoms with van der Waals surface area (Å²) < 4.78 is 33.2. The highest BCUT2D eigenvalue weighted by Gasteiger charge is 2.53. The fraction of sp³-hybridized carbons (Fsp3) is 0.396. The van der Waals surface area contributed by atoms with Crippen molar-refractivity contribution in [3.63, 3.8) is 0 Å². The molecule has 340 valence electrons. The monoisotopic (exact) mass is 914 g/mol. The van der Waals surface area contributed by atoms with Crippen molar-refractivity contribution in [1.82, 2.24) is 34.6 Å². The van der Waals surface area contributed by atoms with Gasteiger partial charge in [-0.2, -0.15) is 0 Å². The maximum absolute atomic E-state index is 15.9. The number of aryl methyl sites for hydroxylation is 1. The van der Waals surface area contributed by atoms with Crippen molar-refractivity contribution >= 4 is 57.4 Å². The largest absolute Gasteiger partial charge is 0.374 e. The number of thiazole rings is 1. The lowest BCUT2D eigenvalue weighted by Gasteiger charge is -2.59. The molecule has 5 amide bonds. The minimum atomic E-state index is -1.06. The summed E-state index contributed by atoms with van der Waals surface area (Å²) in [5.41, 5.74) is 5.47.